The molecule has 1 aliphatic rings. The third kappa shape index (κ3) is 7.08. The van der Waals surface area contributed by atoms with Crippen LogP contribution in [0.15, 0.2) is 48.5 Å². The highest BCUT2D eigenvalue weighted by Crippen LogP contribution is 2.24. The Morgan fingerprint density at radius 1 is 1.12 bits per heavy atom. The Hall–Kier alpha value is -2.88. The first-order valence-electron chi connectivity index (χ1n) is 11.1. The second kappa shape index (κ2) is 10.2. The number of carbonyl (C=O) groups excluding carboxylic acids is 1. The first-order chi connectivity index (χ1) is 15.2. The van der Waals surface area contributed by atoms with Gasteiger partial charge in [0.05, 0.1) is 17.7 Å². The van der Waals surface area contributed by atoms with Crippen molar-refractivity contribution < 1.29 is 14.6 Å². The van der Waals surface area contributed by atoms with Gasteiger partial charge in [0.25, 0.3) is 0 Å². The number of benzene rings is 2. The summed E-state index contributed by atoms with van der Waals surface area (Å²) in [4.78, 5) is 17.9. The SMILES string of the molecule is [C-]#[N+]c1ccc(CCN2CCC(O)(CNc3ccc(C(=O)OC(C)(C)C)cc3)CC2)cc1. The van der Waals surface area contributed by atoms with Crippen molar-refractivity contribution >= 4 is 17.3 Å². The van der Waals surface area contributed by atoms with E-state index < -0.39 is 11.2 Å². The van der Waals surface area contributed by atoms with E-state index in [2.05, 4.69) is 15.1 Å². The molecule has 6 heteroatoms. The largest absolute Gasteiger partial charge is 0.456 e. The molecule has 32 heavy (non-hydrogen) atoms. The zero-order chi connectivity index (χ0) is 23.2. The van der Waals surface area contributed by atoms with Crippen molar-refractivity contribution in [1.29, 1.82) is 0 Å². The Morgan fingerprint density at radius 3 is 2.31 bits per heavy atom. The molecule has 0 saturated carbocycles. The third-order valence-electron chi connectivity index (χ3n) is 5.71. The number of ether oxygens (including phenoxy) is 1. The van der Waals surface area contributed by atoms with Crippen molar-refractivity contribution in [2.75, 3.05) is 31.5 Å². The molecule has 1 heterocycles. The van der Waals surface area contributed by atoms with Crippen LogP contribution in [0.25, 0.3) is 4.85 Å². The molecule has 0 aliphatic carbocycles. The van der Waals surface area contributed by atoms with Crippen molar-refractivity contribution in [3.8, 4) is 0 Å². The number of rotatable bonds is 7. The molecule has 0 bridgehead atoms. The summed E-state index contributed by atoms with van der Waals surface area (Å²) in [6.07, 6.45) is 2.37. The zero-order valence-corrected chi connectivity index (χ0v) is 19.2. The number of nitrogens with one attached hydrogen (secondary N) is 1. The molecule has 2 aromatic rings. The van der Waals surface area contributed by atoms with E-state index >= 15 is 0 Å². The summed E-state index contributed by atoms with van der Waals surface area (Å²) in [7, 11) is 0. The highest BCUT2D eigenvalue weighted by Gasteiger charge is 2.32. The predicted octanol–water partition coefficient (Wildman–Crippen LogP) is 4.67. The Kier molecular flexibility index (Phi) is 7.55. The number of anilines is 1. The van der Waals surface area contributed by atoms with E-state index in [-0.39, 0.29) is 5.97 Å². The Bertz CT molecular complexity index is 932. The minimum Gasteiger partial charge on any atom is -0.456 e. The molecule has 0 spiro atoms. The van der Waals surface area contributed by atoms with Crippen molar-refractivity contribution in [2.24, 2.45) is 0 Å². The average Bonchev–Trinajstić information content (AvgIpc) is 2.77. The number of nitrogens with zero attached hydrogens (tertiary/aromatic N) is 2. The van der Waals surface area contributed by atoms with Crippen LogP contribution < -0.4 is 5.32 Å². The number of esters is 1. The molecule has 0 unspecified atom stereocenters. The normalized spacial score (nSPS) is 16.2. The van der Waals surface area contributed by atoms with E-state index in [1.165, 1.54) is 5.56 Å². The van der Waals surface area contributed by atoms with Crippen LogP contribution in [0, 0.1) is 6.57 Å². The molecule has 0 amide bonds. The maximum absolute atomic E-state index is 12.1. The van der Waals surface area contributed by atoms with Gasteiger partial charge >= 0.3 is 5.97 Å². The van der Waals surface area contributed by atoms with E-state index in [9.17, 15) is 9.90 Å². The average molecular weight is 436 g/mol. The van der Waals surface area contributed by atoms with Gasteiger partial charge in [-0.25, -0.2) is 9.64 Å². The van der Waals surface area contributed by atoms with Crippen LogP contribution in [-0.2, 0) is 11.2 Å². The standard InChI is InChI=1S/C26H33N3O3/c1-25(2,3)32-24(30)21-7-11-23(12-8-21)28-19-26(31)14-17-29(18-15-26)16-13-20-5-9-22(27-4)10-6-20/h5-12,28,31H,13-19H2,1-3H3. The lowest BCUT2D eigenvalue weighted by Gasteiger charge is -2.38. The number of aliphatic hydroxyl groups is 1. The number of carbonyl (C=O) groups is 1. The van der Waals surface area contributed by atoms with Crippen molar-refractivity contribution in [3.63, 3.8) is 0 Å². The van der Waals surface area contributed by atoms with Crippen molar-refractivity contribution in [2.45, 2.75) is 51.2 Å². The van der Waals surface area contributed by atoms with Crippen LogP contribution in [0.1, 0.15) is 49.5 Å². The maximum Gasteiger partial charge on any atom is 0.338 e. The number of likely N-dealkylation sites (tertiary alicyclic amines) is 1. The van der Waals surface area contributed by atoms with Crippen LogP contribution in [0.3, 0.4) is 0 Å². The summed E-state index contributed by atoms with van der Waals surface area (Å²) < 4.78 is 5.39. The second-order valence-corrected chi connectivity index (χ2v) is 9.53. The van der Waals surface area contributed by atoms with Gasteiger partial charge in [-0.1, -0.05) is 24.3 Å². The fourth-order valence-electron chi connectivity index (χ4n) is 3.72. The topological polar surface area (TPSA) is 66.2 Å². The summed E-state index contributed by atoms with van der Waals surface area (Å²) in [5.74, 6) is -0.336. The Labute approximate surface area is 191 Å². The second-order valence-electron chi connectivity index (χ2n) is 9.53. The van der Waals surface area contributed by atoms with Gasteiger partial charge in [0.2, 0.25) is 0 Å². The molecule has 1 aliphatic heterocycles. The van der Waals surface area contributed by atoms with Gasteiger partial charge in [-0.05, 0) is 69.9 Å². The lowest BCUT2D eigenvalue weighted by molar-refractivity contribution is -0.00975. The van der Waals surface area contributed by atoms with Crippen LogP contribution in [0.5, 0.6) is 0 Å². The minimum absolute atomic E-state index is 0.336. The Balaban J connectivity index is 1.42. The molecule has 0 aromatic heterocycles. The fraction of sp³-hybridized carbons (Fsp3) is 0.462. The summed E-state index contributed by atoms with van der Waals surface area (Å²) in [5, 5.41) is 14.3. The monoisotopic (exact) mass is 435 g/mol. The van der Waals surface area contributed by atoms with Gasteiger partial charge in [-0.3, -0.25) is 0 Å². The highest BCUT2D eigenvalue weighted by atomic mass is 16.6. The van der Waals surface area contributed by atoms with Gasteiger partial charge in [0.15, 0.2) is 5.69 Å². The smallest absolute Gasteiger partial charge is 0.338 e. The van der Waals surface area contributed by atoms with Gasteiger partial charge < -0.3 is 20.1 Å². The first kappa shape index (κ1) is 23.8. The van der Waals surface area contributed by atoms with Crippen LogP contribution in [0.4, 0.5) is 11.4 Å². The molecule has 1 fully saturated rings. The van der Waals surface area contributed by atoms with Crippen molar-refractivity contribution in [1.82, 2.24) is 4.90 Å². The quantitative estimate of drug-likeness (QED) is 0.489. The molecular weight excluding hydrogens is 402 g/mol. The van der Waals surface area contributed by atoms with Gasteiger partial charge in [-0.2, -0.15) is 0 Å². The minimum atomic E-state index is -0.738. The number of hydrogen-bond donors (Lipinski definition) is 2. The highest BCUT2D eigenvalue weighted by molar-refractivity contribution is 5.90. The first-order valence-corrected chi connectivity index (χ1v) is 11.1. The lowest BCUT2D eigenvalue weighted by atomic mass is 9.91. The van der Waals surface area contributed by atoms with E-state index in [1.54, 1.807) is 12.1 Å². The van der Waals surface area contributed by atoms with Crippen LogP contribution >= 0.6 is 0 Å². The molecular formula is C26H33N3O3. The van der Waals surface area contributed by atoms with E-state index in [1.807, 2.05) is 57.2 Å². The molecule has 0 radical (unpaired) electrons. The predicted molar refractivity (Wildman–Crippen MR) is 127 cm³/mol. The van der Waals surface area contributed by atoms with Crippen molar-refractivity contribution in [3.05, 3.63) is 71.1 Å². The number of hydrogen-bond acceptors (Lipinski definition) is 5. The van der Waals surface area contributed by atoms with E-state index in [4.69, 9.17) is 11.3 Å². The molecule has 1 saturated heterocycles. The zero-order valence-electron chi connectivity index (χ0n) is 19.2. The molecule has 6 nitrogen and oxygen atoms in total. The number of piperidine rings is 1. The maximum atomic E-state index is 12.1. The lowest BCUT2D eigenvalue weighted by Crippen LogP contribution is -2.48. The van der Waals surface area contributed by atoms with Gasteiger partial charge in [0, 0.05) is 31.9 Å². The molecule has 170 valence electrons. The molecule has 3 rings (SSSR count). The fourth-order valence-corrected chi connectivity index (χ4v) is 3.72. The van der Waals surface area contributed by atoms with E-state index in [0.717, 1.165) is 31.7 Å². The van der Waals surface area contributed by atoms with Gasteiger partial charge in [0.1, 0.15) is 5.60 Å². The van der Waals surface area contributed by atoms with Crippen LogP contribution in [0.2, 0.25) is 0 Å². The molecule has 0 atom stereocenters. The summed E-state index contributed by atoms with van der Waals surface area (Å²) in [5.41, 5.74) is 2.03. The summed E-state index contributed by atoms with van der Waals surface area (Å²) in [6.45, 7) is 15.7. The molecule has 2 N–H and O–H groups in total. The van der Waals surface area contributed by atoms with E-state index in [0.29, 0.717) is 30.6 Å². The summed E-state index contributed by atoms with van der Waals surface area (Å²) >= 11 is 0. The Morgan fingerprint density at radius 2 is 1.75 bits per heavy atom. The third-order valence-corrected chi connectivity index (χ3v) is 5.71. The molecule has 2 aromatic carbocycles. The summed E-state index contributed by atoms with van der Waals surface area (Å²) in [6, 6.07) is 14.9. The van der Waals surface area contributed by atoms with Gasteiger partial charge in [-0.15, -0.1) is 0 Å². The van der Waals surface area contributed by atoms with Crippen LogP contribution in [-0.4, -0.2) is 53.4 Å².